The largest absolute Gasteiger partial charge is 0.488 e. The fourth-order valence-electron chi connectivity index (χ4n) is 1.47. The Bertz CT molecular complexity index is 400. The molecule has 3 nitrogen and oxygen atoms in total. The number of likely N-dealkylation sites (N-methyl/N-ethyl adjacent to an activating group) is 1. The van der Waals surface area contributed by atoms with Crippen molar-refractivity contribution in [3.8, 4) is 11.8 Å². The molecule has 1 atom stereocenters. The van der Waals surface area contributed by atoms with E-state index in [0.29, 0.717) is 6.61 Å². The number of nitrogens with zero attached hydrogens (tertiary/aromatic N) is 2. The lowest BCUT2D eigenvalue weighted by atomic mass is 10.2. The predicted octanol–water partition coefficient (Wildman–Crippen LogP) is 2.17. The molecule has 1 aromatic carbocycles. The summed E-state index contributed by atoms with van der Waals surface area (Å²) < 4.78 is 6.47. The van der Waals surface area contributed by atoms with Gasteiger partial charge in [0.25, 0.3) is 0 Å². The van der Waals surface area contributed by atoms with Crippen molar-refractivity contribution in [1.29, 1.82) is 5.26 Å². The molecule has 1 aliphatic rings. The van der Waals surface area contributed by atoms with Crippen molar-refractivity contribution in [2.24, 2.45) is 0 Å². The molecule has 2 rings (SSSR count). The number of hydrogen-bond donors (Lipinski definition) is 0. The van der Waals surface area contributed by atoms with Gasteiger partial charge in [-0.25, -0.2) is 0 Å². The second kappa shape index (κ2) is 3.50. The Hall–Kier alpha value is -1.21. The van der Waals surface area contributed by atoms with Gasteiger partial charge in [-0.3, -0.25) is 0 Å². The summed E-state index contributed by atoms with van der Waals surface area (Å²) in [5, 5.41) is 8.86. The first-order valence-electron chi connectivity index (χ1n) is 4.27. The van der Waals surface area contributed by atoms with Crippen LogP contribution in [0.15, 0.2) is 22.7 Å². The Kier molecular flexibility index (Phi) is 2.34. The summed E-state index contributed by atoms with van der Waals surface area (Å²) in [5.41, 5.74) is 0.964. The van der Waals surface area contributed by atoms with Crippen LogP contribution in [0.25, 0.3) is 0 Å². The number of rotatable bonds is 0. The molecule has 0 radical (unpaired) electrons. The molecular weight excluding hydrogens is 244 g/mol. The van der Waals surface area contributed by atoms with Gasteiger partial charge in [-0.1, -0.05) is 15.9 Å². The molecule has 0 aliphatic carbocycles. The van der Waals surface area contributed by atoms with E-state index in [1.165, 1.54) is 0 Å². The zero-order chi connectivity index (χ0) is 10.1. The topological polar surface area (TPSA) is 36.3 Å². The van der Waals surface area contributed by atoms with Crippen molar-refractivity contribution in [1.82, 2.24) is 0 Å². The molecule has 4 heteroatoms. The molecule has 0 fully saturated rings. The molecule has 0 N–H and O–H groups in total. The van der Waals surface area contributed by atoms with Gasteiger partial charge in [-0.2, -0.15) is 5.26 Å². The van der Waals surface area contributed by atoms with Gasteiger partial charge in [0, 0.05) is 11.5 Å². The van der Waals surface area contributed by atoms with Crippen LogP contribution in [-0.2, 0) is 0 Å². The molecule has 0 saturated carbocycles. The van der Waals surface area contributed by atoms with Gasteiger partial charge in [-0.05, 0) is 18.2 Å². The number of benzene rings is 1. The van der Waals surface area contributed by atoms with Gasteiger partial charge in [0.15, 0.2) is 6.04 Å². The van der Waals surface area contributed by atoms with Crippen molar-refractivity contribution in [2.75, 3.05) is 18.6 Å². The van der Waals surface area contributed by atoms with Crippen molar-refractivity contribution in [2.45, 2.75) is 6.04 Å². The Balaban J connectivity index is 2.42. The molecule has 0 saturated heterocycles. The van der Waals surface area contributed by atoms with Crippen LogP contribution < -0.4 is 9.64 Å². The molecule has 0 spiro atoms. The maximum Gasteiger partial charge on any atom is 0.151 e. The number of anilines is 1. The van der Waals surface area contributed by atoms with Crippen molar-refractivity contribution in [3.05, 3.63) is 22.7 Å². The summed E-state index contributed by atoms with van der Waals surface area (Å²) in [6.45, 7) is 0.427. The van der Waals surface area contributed by atoms with Gasteiger partial charge < -0.3 is 9.64 Å². The molecule has 0 bridgehead atoms. The van der Waals surface area contributed by atoms with Crippen molar-refractivity contribution < 1.29 is 4.74 Å². The second-order valence-electron chi connectivity index (χ2n) is 3.18. The molecule has 72 valence electrons. The van der Waals surface area contributed by atoms with Crippen LogP contribution in [0.3, 0.4) is 0 Å². The van der Waals surface area contributed by atoms with E-state index in [1.54, 1.807) is 0 Å². The maximum absolute atomic E-state index is 8.86. The van der Waals surface area contributed by atoms with Crippen molar-refractivity contribution in [3.63, 3.8) is 0 Å². The normalized spacial score (nSPS) is 19.5. The molecule has 1 heterocycles. The Morgan fingerprint density at radius 1 is 1.64 bits per heavy atom. The minimum atomic E-state index is -0.191. The van der Waals surface area contributed by atoms with E-state index in [9.17, 15) is 0 Å². The first-order valence-corrected chi connectivity index (χ1v) is 5.06. The van der Waals surface area contributed by atoms with E-state index in [0.717, 1.165) is 15.9 Å². The Morgan fingerprint density at radius 3 is 3.14 bits per heavy atom. The zero-order valence-corrected chi connectivity index (χ0v) is 9.28. The highest BCUT2D eigenvalue weighted by molar-refractivity contribution is 9.10. The highest BCUT2D eigenvalue weighted by atomic mass is 79.9. The van der Waals surface area contributed by atoms with E-state index in [4.69, 9.17) is 10.00 Å². The van der Waals surface area contributed by atoms with Gasteiger partial charge in [0.2, 0.25) is 0 Å². The maximum atomic E-state index is 8.86. The summed E-state index contributed by atoms with van der Waals surface area (Å²) in [4.78, 5) is 1.94. The fourth-order valence-corrected chi connectivity index (χ4v) is 1.81. The minimum Gasteiger partial charge on any atom is -0.488 e. The summed E-state index contributed by atoms with van der Waals surface area (Å²) in [5.74, 6) is 0.827. The number of fused-ring (bicyclic) bond motifs is 1. The monoisotopic (exact) mass is 252 g/mol. The molecule has 0 aromatic heterocycles. The Labute approximate surface area is 91.0 Å². The van der Waals surface area contributed by atoms with E-state index in [2.05, 4.69) is 22.0 Å². The number of ether oxygens (including phenoxy) is 1. The highest BCUT2D eigenvalue weighted by Gasteiger charge is 2.24. The quantitative estimate of drug-likeness (QED) is 0.710. The van der Waals surface area contributed by atoms with Gasteiger partial charge in [0.1, 0.15) is 12.4 Å². The summed E-state index contributed by atoms with van der Waals surface area (Å²) in [6.07, 6.45) is 0. The van der Waals surface area contributed by atoms with E-state index in [1.807, 2.05) is 30.1 Å². The van der Waals surface area contributed by atoms with Crippen LogP contribution in [0.5, 0.6) is 5.75 Å². The lowest BCUT2D eigenvalue weighted by molar-refractivity contribution is 0.288. The minimum absolute atomic E-state index is 0.191. The molecular formula is C10H9BrN2O. The third kappa shape index (κ3) is 1.44. The summed E-state index contributed by atoms with van der Waals surface area (Å²) in [7, 11) is 1.91. The van der Waals surface area contributed by atoms with Gasteiger partial charge in [0.05, 0.1) is 11.8 Å². The third-order valence-electron chi connectivity index (χ3n) is 2.32. The smallest absolute Gasteiger partial charge is 0.151 e. The van der Waals surface area contributed by atoms with Crippen LogP contribution >= 0.6 is 15.9 Å². The van der Waals surface area contributed by atoms with Crippen LogP contribution in [0.2, 0.25) is 0 Å². The number of halogens is 1. The summed E-state index contributed by atoms with van der Waals surface area (Å²) >= 11 is 3.38. The van der Waals surface area contributed by atoms with Crippen LogP contribution in [0.1, 0.15) is 0 Å². The highest BCUT2D eigenvalue weighted by Crippen LogP contribution is 2.34. The van der Waals surface area contributed by atoms with E-state index >= 15 is 0 Å². The van der Waals surface area contributed by atoms with Crippen LogP contribution in [-0.4, -0.2) is 19.7 Å². The average molecular weight is 253 g/mol. The second-order valence-corrected chi connectivity index (χ2v) is 4.09. The molecule has 1 unspecified atom stereocenters. The number of nitriles is 1. The van der Waals surface area contributed by atoms with E-state index in [-0.39, 0.29) is 6.04 Å². The number of hydrogen-bond acceptors (Lipinski definition) is 3. The SMILES string of the molecule is CN1c2ccc(Br)cc2OCC1C#N. The predicted molar refractivity (Wildman–Crippen MR) is 57.4 cm³/mol. The van der Waals surface area contributed by atoms with Crippen molar-refractivity contribution >= 4 is 21.6 Å². The van der Waals surface area contributed by atoms with E-state index < -0.39 is 0 Å². The first-order chi connectivity index (χ1) is 6.72. The van der Waals surface area contributed by atoms with Gasteiger partial charge in [-0.15, -0.1) is 0 Å². The molecule has 0 amide bonds. The molecule has 1 aliphatic heterocycles. The Morgan fingerprint density at radius 2 is 2.43 bits per heavy atom. The summed E-state index contributed by atoms with van der Waals surface area (Å²) in [6, 6.07) is 7.81. The average Bonchev–Trinajstić information content (AvgIpc) is 2.18. The molecule has 1 aromatic rings. The first kappa shape index (κ1) is 9.35. The third-order valence-corrected chi connectivity index (χ3v) is 2.81. The fraction of sp³-hybridized carbons (Fsp3) is 0.300. The van der Waals surface area contributed by atoms with Crippen LogP contribution in [0, 0.1) is 11.3 Å². The molecule has 14 heavy (non-hydrogen) atoms. The lowest BCUT2D eigenvalue weighted by Gasteiger charge is -2.31. The lowest BCUT2D eigenvalue weighted by Crippen LogP contribution is -2.39. The van der Waals surface area contributed by atoms with Crippen LogP contribution in [0.4, 0.5) is 5.69 Å². The standard InChI is InChI=1S/C10H9BrN2O/c1-13-8(5-12)6-14-10-4-7(11)2-3-9(10)13/h2-4,8H,6H2,1H3. The van der Waals surface area contributed by atoms with Gasteiger partial charge >= 0.3 is 0 Å². The zero-order valence-electron chi connectivity index (χ0n) is 7.70.